The number of hydrogen-bond acceptors (Lipinski definition) is 2. The molecule has 1 aliphatic heterocycles. The third-order valence-electron chi connectivity index (χ3n) is 3.60. The van der Waals surface area contributed by atoms with Crippen molar-refractivity contribution >= 4 is 27.0 Å². The molecule has 1 aromatic heterocycles. The lowest BCUT2D eigenvalue weighted by molar-refractivity contribution is 0.322. The highest BCUT2D eigenvalue weighted by atomic mass is 79.9. The number of rotatable bonds is 3. The Labute approximate surface area is 114 Å². The summed E-state index contributed by atoms with van der Waals surface area (Å²) in [6.45, 7) is 4.05. The first-order chi connectivity index (χ1) is 8.75. The van der Waals surface area contributed by atoms with Crippen molar-refractivity contribution in [1.82, 2.24) is 14.5 Å². The lowest BCUT2D eigenvalue weighted by Crippen LogP contribution is -2.28. The van der Waals surface area contributed by atoms with Crippen LogP contribution in [0.4, 0.5) is 0 Å². The molecule has 1 aliphatic rings. The molecule has 0 saturated carbocycles. The molecule has 0 unspecified atom stereocenters. The van der Waals surface area contributed by atoms with Gasteiger partial charge in [0.05, 0.1) is 11.0 Å². The molecule has 1 N–H and O–H groups in total. The SMILES string of the molecule is O=c1[nH]c2c(Br)cccc2n1CCN1CCCC1. The van der Waals surface area contributed by atoms with Crippen LogP contribution in [-0.4, -0.2) is 34.1 Å². The maximum Gasteiger partial charge on any atom is 0.326 e. The van der Waals surface area contributed by atoms with Crippen LogP contribution in [0, 0.1) is 0 Å². The van der Waals surface area contributed by atoms with E-state index in [0.717, 1.165) is 28.6 Å². The predicted octanol–water partition coefficient (Wildman–Crippen LogP) is 2.19. The Kier molecular flexibility index (Phi) is 3.26. The maximum absolute atomic E-state index is 12.0. The second-order valence-corrected chi connectivity index (χ2v) is 5.62. The molecule has 0 atom stereocenters. The lowest BCUT2D eigenvalue weighted by Gasteiger charge is -2.14. The predicted molar refractivity (Wildman–Crippen MR) is 75.9 cm³/mol. The van der Waals surface area contributed by atoms with Crippen LogP contribution < -0.4 is 5.69 Å². The standard InChI is InChI=1S/C13H16BrN3O/c14-10-4-3-5-11-12(10)15-13(18)17(11)9-8-16-6-1-2-7-16/h3-5H,1-2,6-9H2,(H,15,18). The van der Waals surface area contributed by atoms with Crippen molar-refractivity contribution in [2.24, 2.45) is 0 Å². The van der Waals surface area contributed by atoms with Crippen molar-refractivity contribution < 1.29 is 0 Å². The van der Waals surface area contributed by atoms with Gasteiger partial charge in [-0.3, -0.25) is 4.57 Å². The molecular weight excluding hydrogens is 294 g/mol. The largest absolute Gasteiger partial charge is 0.326 e. The molecule has 0 bridgehead atoms. The first kappa shape index (κ1) is 12.0. The average molecular weight is 310 g/mol. The molecule has 96 valence electrons. The van der Waals surface area contributed by atoms with Crippen LogP contribution >= 0.6 is 15.9 Å². The van der Waals surface area contributed by atoms with E-state index < -0.39 is 0 Å². The number of aromatic amines is 1. The number of benzene rings is 1. The number of imidazole rings is 1. The quantitative estimate of drug-likeness (QED) is 0.944. The Hall–Kier alpha value is -1.07. The summed E-state index contributed by atoms with van der Waals surface area (Å²) in [5.74, 6) is 0. The zero-order valence-electron chi connectivity index (χ0n) is 10.2. The summed E-state index contributed by atoms with van der Waals surface area (Å²) in [5, 5.41) is 0. The molecule has 0 aliphatic carbocycles. The van der Waals surface area contributed by atoms with E-state index in [2.05, 4.69) is 25.8 Å². The molecular formula is C13H16BrN3O. The minimum absolute atomic E-state index is 0.0175. The molecule has 1 aromatic carbocycles. The molecule has 4 nitrogen and oxygen atoms in total. The number of halogens is 1. The van der Waals surface area contributed by atoms with Gasteiger partial charge in [-0.2, -0.15) is 0 Å². The van der Waals surface area contributed by atoms with Gasteiger partial charge in [0.25, 0.3) is 0 Å². The Bertz CT molecular complexity index is 610. The van der Waals surface area contributed by atoms with E-state index in [9.17, 15) is 4.79 Å². The normalized spacial score (nSPS) is 16.7. The number of nitrogens with zero attached hydrogens (tertiary/aromatic N) is 2. The molecule has 1 fully saturated rings. The smallest absolute Gasteiger partial charge is 0.305 e. The number of nitrogens with one attached hydrogen (secondary N) is 1. The van der Waals surface area contributed by atoms with E-state index >= 15 is 0 Å². The number of aromatic nitrogens is 2. The minimum atomic E-state index is -0.0175. The third-order valence-corrected chi connectivity index (χ3v) is 4.26. The van der Waals surface area contributed by atoms with Gasteiger partial charge in [0.1, 0.15) is 0 Å². The summed E-state index contributed by atoms with van der Waals surface area (Å²) in [7, 11) is 0. The summed E-state index contributed by atoms with van der Waals surface area (Å²) in [4.78, 5) is 17.3. The fourth-order valence-electron chi connectivity index (χ4n) is 2.61. The van der Waals surface area contributed by atoms with Crippen molar-refractivity contribution in [2.75, 3.05) is 19.6 Å². The summed E-state index contributed by atoms with van der Waals surface area (Å²) in [5.41, 5.74) is 1.86. The lowest BCUT2D eigenvalue weighted by atomic mass is 10.3. The molecule has 18 heavy (non-hydrogen) atoms. The second-order valence-electron chi connectivity index (χ2n) is 4.76. The van der Waals surface area contributed by atoms with Crippen LogP contribution in [0.25, 0.3) is 11.0 Å². The van der Waals surface area contributed by atoms with Gasteiger partial charge in [0.15, 0.2) is 0 Å². The van der Waals surface area contributed by atoms with Crippen LogP contribution in [0.5, 0.6) is 0 Å². The summed E-state index contributed by atoms with van der Waals surface area (Å²) < 4.78 is 2.77. The van der Waals surface area contributed by atoms with Gasteiger partial charge in [-0.25, -0.2) is 4.79 Å². The number of para-hydroxylation sites is 1. The van der Waals surface area contributed by atoms with Gasteiger partial charge < -0.3 is 9.88 Å². The van der Waals surface area contributed by atoms with E-state index in [1.54, 1.807) is 0 Å². The molecule has 5 heteroatoms. The highest BCUT2D eigenvalue weighted by molar-refractivity contribution is 9.10. The molecule has 2 aromatic rings. The maximum atomic E-state index is 12.0. The fourth-order valence-corrected chi connectivity index (χ4v) is 3.07. The first-order valence-electron chi connectivity index (χ1n) is 6.35. The van der Waals surface area contributed by atoms with Gasteiger partial charge in [0, 0.05) is 17.6 Å². The minimum Gasteiger partial charge on any atom is -0.305 e. The van der Waals surface area contributed by atoms with Crippen LogP contribution in [0.1, 0.15) is 12.8 Å². The molecule has 0 spiro atoms. The molecule has 0 radical (unpaired) electrons. The summed E-state index contributed by atoms with van der Waals surface area (Å²) in [6.07, 6.45) is 2.57. The number of fused-ring (bicyclic) bond motifs is 1. The van der Waals surface area contributed by atoms with E-state index in [-0.39, 0.29) is 5.69 Å². The van der Waals surface area contributed by atoms with Crippen molar-refractivity contribution in [3.8, 4) is 0 Å². The summed E-state index contributed by atoms with van der Waals surface area (Å²) >= 11 is 3.47. The Balaban J connectivity index is 1.89. The van der Waals surface area contributed by atoms with Crippen LogP contribution in [0.3, 0.4) is 0 Å². The van der Waals surface area contributed by atoms with Crippen LogP contribution in [-0.2, 0) is 6.54 Å². The number of H-pyrrole nitrogens is 1. The molecule has 3 rings (SSSR count). The van der Waals surface area contributed by atoms with E-state index in [4.69, 9.17) is 0 Å². The van der Waals surface area contributed by atoms with Gasteiger partial charge in [-0.1, -0.05) is 6.07 Å². The van der Waals surface area contributed by atoms with Crippen molar-refractivity contribution in [1.29, 1.82) is 0 Å². The highest BCUT2D eigenvalue weighted by Gasteiger charge is 2.13. The van der Waals surface area contributed by atoms with E-state index in [1.165, 1.54) is 25.9 Å². The van der Waals surface area contributed by atoms with E-state index in [1.807, 2.05) is 22.8 Å². The zero-order valence-corrected chi connectivity index (χ0v) is 11.7. The van der Waals surface area contributed by atoms with E-state index in [0.29, 0.717) is 0 Å². The zero-order chi connectivity index (χ0) is 12.5. The first-order valence-corrected chi connectivity index (χ1v) is 7.14. The van der Waals surface area contributed by atoms with Crippen LogP contribution in [0.15, 0.2) is 27.5 Å². The van der Waals surface area contributed by atoms with Crippen molar-refractivity contribution in [2.45, 2.75) is 19.4 Å². The monoisotopic (exact) mass is 309 g/mol. The summed E-state index contributed by atoms with van der Waals surface area (Å²) in [6, 6.07) is 5.90. The van der Waals surface area contributed by atoms with Crippen molar-refractivity contribution in [3.05, 3.63) is 33.2 Å². The number of likely N-dealkylation sites (tertiary alicyclic amines) is 1. The average Bonchev–Trinajstić information content (AvgIpc) is 2.95. The Morgan fingerprint density at radius 2 is 2.00 bits per heavy atom. The Morgan fingerprint density at radius 3 is 2.78 bits per heavy atom. The number of hydrogen-bond donors (Lipinski definition) is 1. The molecule has 0 amide bonds. The molecule has 2 heterocycles. The Morgan fingerprint density at radius 1 is 1.22 bits per heavy atom. The van der Waals surface area contributed by atoms with Gasteiger partial charge in [-0.05, 0) is 54.0 Å². The second kappa shape index (κ2) is 4.90. The molecule has 1 saturated heterocycles. The van der Waals surface area contributed by atoms with Gasteiger partial charge >= 0.3 is 5.69 Å². The van der Waals surface area contributed by atoms with Gasteiger partial charge in [0.2, 0.25) is 0 Å². The fraction of sp³-hybridized carbons (Fsp3) is 0.462. The van der Waals surface area contributed by atoms with Crippen molar-refractivity contribution in [3.63, 3.8) is 0 Å². The van der Waals surface area contributed by atoms with Crippen LogP contribution in [0.2, 0.25) is 0 Å². The highest BCUT2D eigenvalue weighted by Crippen LogP contribution is 2.20. The third kappa shape index (κ3) is 2.12. The topological polar surface area (TPSA) is 41.0 Å². The van der Waals surface area contributed by atoms with Gasteiger partial charge in [-0.15, -0.1) is 0 Å².